The number of primary amides is 1. The fourth-order valence-corrected chi connectivity index (χ4v) is 3.01. The van der Waals surface area contributed by atoms with Crippen LogP contribution in [0.25, 0.3) is 0 Å². The summed E-state index contributed by atoms with van der Waals surface area (Å²) in [5.41, 5.74) is 5.20. The molecule has 1 rings (SSSR count). The largest absolute Gasteiger partial charge is 0.384 e. The summed E-state index contributed by atoms with van der Waals surface area (Å²) in [4.78, 5) is 24.8. The van der Waals surface area contributed by atoms with E-state index in [0.29, 0.717) is 13.0 Å². The Bertz CT molecular complexity index is 317. The molecule has 0 saturated carbocycles. The Morgan fingerprint density at radius 2 is 2.35 bits per heavy atom. The van der Waals surface area contributed by atoms with Gasteiger partial charge < -0.3 is 10.5 Å². The number of carbonyl (C=O) groups is 2. The second kappa shape index (κ2) is 6.66. The molecule has 0 bridgehead atoms. The van der Waals surface area contributed by atoms with Crippen LogP contribution < -0.4 is 5.73 Å². The number of imide groups is 1. The zero-order valence-electron chi connectivity index (χ0n) is 10.1. The number of carbonyl (C=O) groups excluding carboxylic acids is 2. The molecule has 0 spiro atoms. The van der Waals surface area contributed by atoms with Crippen molar-refractivity contribution in [2.45, 2.75) is 25.8 Å². The first-order valence-electron chi connectivity index (χ1n) is 5.46. The molecule has 0 unspecified atom stereocenters. The molecular weight excluding hydrogens is 240 g/mol. The van der Waals surface area contributed by atoms with Crippen LogP contribution in [0, 0.1) is 0 Å². The summed E-state index contributed by atoms with van der Waals surface area (Å²) in [6.45, 7) is 2.04. The lowest BCUT2D eigenvalue weighted by Crippen LogP contribution is -2.46. The zero-order valence-corrected chi connectivity index (χ0v) is 11.0. The Hall–Kier alpha value is -1.01. The summed E-state index contributed by atoms with van der Waals surface area (Å²) >= 11 is 1.67. The molecule has 0 aromatic heterocycles. The van der Waals surface area contributed by atoms with Gasteiger partial charge in [0, 0.05) is 26.4 Å². The molecule has 1 aliphatic heterocycles. The fraction of sp³-hybridized carbons (Fsp3) is 0.636. The standard InChI is InChI=1S/C11H18N2O3S/c1-8(14)13(11(12)15)9-6-10(17-7-9)4-3-5-16-2/h4,9H,3,5-7H2,1-2H3,(H2,12,15)/b10-4+/t9-/m1/s1. The molecule has 6 heteroatoms. The number of hydrogen-bond acceptors (Lipinski definition) is 4. The third-order valence-corrected chi connectivity index (χ3v) is 3.79. The van der Waals surface area contributed by atoms with E-state index in [1.165, 1.54) is 11.8 Å². The summed E-state index contributed by atoms with van der Waals surface area (Å²) in [6.07, 6.45) is 3.65. The van der Waals surface area contributed by atoms with Crippen LogP contribution in [-0.4, -0.2) is 42.3 Å². The Balaban J connectivity index is 2.56. The Kier molecular flexibility index (Phi) is 5.50. The van der Waals surface area contributed by atoms with E-state index in [1.54, 1.807) is 18.9 Å². The number of amides is 3. The van der Waals surface area contributed by atoms with Crippen LogP contribution in [0.3, 0.4) is 0 Å². The van der Waals surface area contributed by atoms with Crippen molar-refractivity contribution in [1.29, 1.82) is 0 Å². The molecule has 0 aromatic carbocycles. The minimum atomic E-state index is -0.666. The minimum Gasteiger partial charge on any atom is -0.384 e. The number of methoxy groups -OCH3 is 1. The van der Waals surface area contributed by atoms with Crippen molar-refractivity contribution in [2.24, 2.45) is 5.73 Å². The smallest absolute Gasteiger partial charge is 0.321 e. The van der Waals surface area contributed by atoms with Gasteiger partial charge in [0.25, 0.3) is 0 Å². The van der Waals surface area contributed by atoms with Crippen LogP contribution in [0.5, 0.6) is 0 Å². The van der Waals surface area contributed by atoms with Crippen LogP contribution in [0.4, 0.5) is 4.79 Å². The third kappa shape index (κ3) is 4.05. The number of ether oxygens (including phenoxy) is 1. The molecule has 1 saturated heterocycles. The second-order valence-electron chi connectivity index (χ2n) is 3.85. The molecule has 5 nitrogen and oxygen atoms in total. The summed E-state index contributed by atoms with van der Waals surface area (Å²) in [5, 5.41) is 0. The first-order chi connectivity index (χ1) is 8.06. The molecule has 1 fully saturated rings. The van der Waals surface area contributed by atoms with Crippen molar-refractivity contribution in [1.82, 2.24) is 4.90 Å². The van der Waals surface area contributed by atoms with Crippen molar-refractivity contribution in [3.05, 3.63) is 11.0 Å². The highest BCUT2D eigenvalue weighted by atomic mass is 32.2. The lowest BCUT2D eigenvalue weighted by Gasteiger charge is -2.22. The molecule has 17 heavy (non-hydrogen) atoms. The monoisotopic (exact) mass is 258 g/mol. The summed E-state index contributed by atoms with van der Waals surface area (Å²) in [5.74, 6) is 0.433. The van der Waals surface area contributed by atoms with Gasteiger partial charge in [-0.15, -0.1) is 11.8 Å². The van der Waals surface area contributed by atoms with E-state index < -0.39 is 6.03 Å². The van der Waals surface area contributed by atoms with E-state index in [-0.39, 0.29) is 11.9 Å². The minimum absolute atomic E-state index is 0.108. The Labute approximate surface area is 105 Å². The van der Waals surface area contributed by atoms with Crippen molar-refractivity contribution in [3.8, 4) is 0 Å². The van der Waals surface area contributed by atoms with E-state index in [1.807, 2.05) is 0 Å². The molecule has 0 aliphatic carbocycles. The Morgan fingerprint density at radius 1 is 1.65 bits per heavy atom. The number of hydrogen-bond donors (Lipinski definition) is 1. The maximum Gasteiger partial charge on any atom is 0.321 e. The number of nitrogens with two attached hydrogens (primary N) is 1. The van der Waals surface area contributed by atoms with Crippen LogP contribution in [0.2, 0.25) is 0 Å². The highest BCUT2D eigenvalue weighted by Crippen LogP contribution is 2.33. The van der Waals surface area contributed by atoms with E-state index in [4.69, 9.17) is 10.5 Å². The topological polar surface area (TPSA) is 72.6 Å². The van der Waals surface area contributed by atoms with Gasteiger partial charge in [-0.3, -0.25) is 9.69 Å². The van der Waals surface area contributed by atoms with Crippen LogP contribution >= 0.6 is 11.8 Å². The van der Waals surface area contributed by atoms with E-state index in [2.05, 4.69) is 6.08 Å². The number of thioether (sulfide) groups is 1. The first kappa shape index (κ1) is 14.1. The molecule has 1 atom stereocenters. The molecule has 2 N–H and O–H groups in total. The van der Waals surface area contributed by atoms with Crippen LogP contribution in [0.15, 0.2) is 11.0 Å². The zero-order chi connectivity index (χ0) is 12.8. The van der Waals surface area contributed by atoms with Crippen molar-refractivity contribution >= 4 is 23.7 Å². The third-order valence-electron chi connectivity index (χ3n) is 2.53. The van der Waals surface area contributed by atoms with Gasteiger partial charge in [0.15, 0.2) is 0 Å². The van der Waals surface area contributed by atoms with Crippen molar-refractivity contribution in [3.63, 3.8) is 0 Å². The molecule has 1 aliphatic rings. The lowest BCUT2D eigenvalue weighted by molar-refractivity contribution is -0.127. The second-order valence-corrected chi connectivity index (χ2v) is 4.99. The van der Waals surface area contributed by atoms with Crippen LogP contribution in [-0.2, 0) is 9.53 Å². The number of rotatable bonds is 4. The quantitative estimate of drug-likeness (QED) is 0.772. The maximum atomic E-state index is 11.3. The number of urea groups is 1. The molecule has 0 aromatic rings. The van der Waals surface area contributed by atoms with Crippen molar-refractivity contribution in [2.75, 3.05) is 19.5 Å². The van der Waals surface area contributed by atoms with Gasteiger partial charge >= 0.3 is 6.03 Å². The van der Waals surface area contributed by atoms with Gasteiger partial charge in [0.1, 0.15) is 0 Å². The van der Waals surface area contributed by atoms with Gasteiger partial charge in [0.2, 0.25) is 5.91 Å². The van der Waals surface area contributed by atoms with Gasteiger partial charge in [-0.1, -0.05) is 6.08 Å². The molecule has 96 valence electrons. The van der Waals surface area contributed by atoms with Gasteiger partial charge in [-0.25, -0.2) is 4.79 Å². The average Bonchev–Trinajstić information content (AvgIpc) is 2.65. The summed E-state index contributed by atoms with van der Waals surface area (Å²) in [6, 6.07) is -0.773. The summed E-state index contributed by atoms with van der Waals surface area (Å²) < 4.78 is 4.96. The molecule has 1 heterocycles. The van der Waals surface area contributed by atoms with Crippen molar-refractivity contribution < 1.29 is 14.3 Å². The highest BCUT2D eigenvalue weighted by molar-refractivity contribution is 8.03. The average molecular weight is 258 g/mol. The van der Waals surface area contributed by atoms with Gasteiger partial charge in [0.05, 0.1) is 6.04 Å². The normalized spacial score (nSPS) is 21.8. The van der Waals surface area contributed by atoms with Crippen LogP contribution in [0.1, 0.15) is 19.8 Å². The first-order valence-corrected chi connectivity index (χ1v) is 6.44. The highest BCUT2D eigenvalue weighted by Gasteiger charge is 2.30. The SMILES string of the molecule is COCC/C=C1\C[C@@H](N(C(C)=O)C(N)=O)CS1. The lowest BCUT2D eigenvalue weighted by atomic mass is 10.2. The van der Waals surface area contributed by atoms with E-state index in [9.17, 15) is 9.59 Å². The molecule has 0 radical (unpaired) electrons. The van der Waals surface area contributed by atoms with Gasteiger partial charge in [-0.05, 0) is 17.7 Å². The Morgan fingerprint density at radius 3 is 2.88 bits per heavy atom. The fourth-order valence-electron chi connectivity index (χ4n) is 1.79. The predicted octanol–water partition coefficient (Wildman–Crippen LogP) is 1.34. The van der Waals surface area contributed by atoms with E-state index >= 15 is 0 Å². The summed E-state index contributed by atoms with van der Waals surface area (Å²) in [7, 11) is 1.66. The van der Waals surface area contributed by atoms with E-state index in [0.717, 1.165) is 17.1 Å². The number of nitrogens with zero attached hydrogens (tertiary/aromatic N) is 1. The predicted molar refractivity (Wildman–Crippen MR) is 67.5 cm³/mol. The molecular formula is C11H18N2O3S. The maximum absolute atomic E-state index is 11.3. The molecule has 3 amide bonds. The van der Waals surface area contributed by atoms with Gasteiger partial charge in [-0.2, -0.15) is 0 Å².